The smallest absolute Gasteiger partial charge is 0.346 e. The first-order valence-corrected chi connectivity index (χ1v) is 16.5. The quantitative estimate of drug-likeness (QED) is 0.0893. The molecule has 0 radical (unpaired) electrons. The van der Waals surface area contributed by atoms with Crippen molar-refractivity contribution in [3.05, 3.63) is 99.5 Å². The molecule has 8 N–H and O–H groups in total. The number of ether oxygens (including phenoxy) is 1. The topological polar surface area (TPSA) is 212 Å². The zero-order valence-electron chi connectivity index (χ0n) is 27.5. The number of amides is 5. The molecule has 0 aliphatic carbocycles. The maximum atomic E-state index is 13.1. The molecule has 5 amide bonds. The molecule has 3 rings (SSSR count). The molecule has 0 spiro atoms. The predicted molar refractivity (Wildman–Crippen MR) is 188 cm³/mol. The molecule has 266 valence electrons. The van der Waals surface area contributed by atoms with Crippen molar-refractivity contribution in [1.29, 1.82) is 0 Å². The van der Waals surface area contributed by atoms with Crippen LogP contribution in [0.3, 0.4) is 0 Å². The van der Waals surface area contributed by atoms with Crippen LogP contribution in [0.4, 0.5) is 0 Å². The molecule has 50 heavy (non-hydrogen) atoms. The molecule has 0 unspecified atom stereocenters. The van der Waals surface area contributed by atoms with E-state index in [1.54, 1.807) is 42.5 Å². The van der Waals surface area contributed by atoms with Crippen molar-refractivity contribution in [3.8, 4) is 5.75 Å². The zero-order valence-corrected chi connectivity index (χ0v) is 29.1. The Morgan fingerprint density at radius 1 is 0.700 bits per heavy atom. The summed E-state index contributed by atoms with van der Waals surface area (Å²) in [6.45, 7) is 2.82. The van der Waals surface area contributed by atoms with Gasteiger partial charge in [-0.2, -0.15) is 0 Å². The van der Waals surface area contributed by atoms with Gasteiger partial charge in [0, 0.05) is 6.42 Å². The summed E-state index contributed by atoms with van der Waals surface area (Å²) in [5.74, 6) is -3.67. The van der Waals surface area contributed by atoms with Crippen LogP contribution >= 0.6 is 23.2 Å². The number of nitrogens with two attached hydrogens (primary N) is 2. The molecule has 3 aromatic rings. The first kappa shape index (κ1) is 39.5. The largest absolute Gasteiger partial charge is 0.423 e. The van der Waals surface area contributed by atoms with Crippen LogP contribution < -0.4 is 37.5 Å². The molecular weight excluding hydrogens is 687 g/mol. The Labute approximate surface area is 299 Å². The minimum atomic E-state index is -1.06. The summed E-state index contributed by atoms with van der Waals surface area (Å²) in [7, 11) is 0. The second kappa shape index (κ2) is 19.3. The van der Waals surface area contributed by atoms with Gasteiger partial charge in [-0.1, -0.05) is 85.6 Å². The Balaban J connectivity index is 1.47. The number of halogens is 2. The van der Waals surface area contributed by atoms with Gasteiger partial charge in [0.1, 0.15) is 17.8 Å². The maximum Gasteiger partial charge on any atom is 0.346 e. The normalized spacial score (nSPS) is 12.6. The summed E-state index contributed by atoms with van der Waals surface area (Å²) in [6.07, 6.45) is 0.557. The summed E-state index contributed by atoms with van der Waals surface area (Å²) in [5, 5.41) is 10.3. The molecule has 0 heterocycles. The zero-order chi connectivity index (χ0) is 36.8. The van der Waals surface area contributed by atoms with E-state index in [9.17, 15) is 28.8 Å². The Bertz CT molecular complexity index is 1650. The highest BCUT2D eigenvalue weighted by Gasteiger charge is 2.27. The van der Waals surface area contributed by atoms with Crippen LogP contribution in [-0.4, -0.2) is 66.7 Å². The van der Waals surface area contributed by atoms with E-state index < -0.39 is 66.7 Å². The lowest BCUT2D eigenvalue weighted by molar-refractivity contribution is -0.132. The number of carbonyl (C=O) groups excluding carboxylic acids is 6. The first-order chi connectivity index (χ1) is 23.7. The van der Waals surface area contributed by atoms with Crippen molar-refractivity contribution in [2.45, 2.75) is 51.2 Å². The van der Waals surface area contributed by atoms with Crippen molar-refractivity contribution in [2.75, 3.05) is 13.1 Å². The number of rotatable bonds is 17. The number of benzene rings is 3. The van der Waals surface area contributed by atoms with Gasteiger partial charge in [-0.05, 0) is 54.2 Å². The molecule has 3 atom stereocenters. The summed E-state index contributed by atoms with van der Waals surface area (Å²) in [5.41, 5.74) is 12.9. The molecule has 0 aliphatic heterocycles. The minimum Gasteiger partial charge on any atom is -0.423 e. The van der Waals surface area contributed by atoms with Crippen LogP contribution in [0.15, 0.2) is 72.8 Å². The Hall–Kier alpha value is -4.98. The van der Waals surface area contributed by atoms with Gasteiger partial charge in [0.2, 0.25) is 29.5 Å². The van der Waals surface area contributed by atoms with Crippen LogP contribution in [0.25, 0.3) is 0 Å². The summed E-state index contributed by atoms with van der Waals surface area (Å²) in [6, 6.07) is 16.9. The number of esters is 1. The van der Waals surface area contributed by atoms with Crippen molar-refractivity contribution < 1.29 is 33.5 Å². The molecule has 0 aromatic heterocycles. The molecule has 0 bridgehead atoms. The molecule has 0 aliphatic rings. The highest BCUT2D eigenvalue weighted by Crippen LogP contribution is 2.26. The molecule has 0 saturated heterocycles. The van der Waals surface area contributed by atoms with Gasteiger partial charge in [-0.25, -0.2) is 4.79 Å². The average molecular weight is 728 g/mol. The van der Waals surface area contributed by atoms with Crippen molar-refractivity contribution in [3.63, 3.8) is 0 Å². The van der Waals surface area contributed by atoms with E-state index in [4.69, 9.17) is 39.4 Å². The summed E-state index contributed by atoms with van der Waals surface area (Å²) in [4.78, 5) is 75.2. The lowest BCUT2D eigenvalue weighted by atomic mass is 10.0. The molecule has 0 saturated carbocycles. The minimum absolute atomic E-state index is 0.0372. The fourth-order valence-corrected chi connectivity index (χ4v) is 5.28. The van der Waals surface area contributed by atoms with E-state index >= 15 is 0 Å². The lowest BCUT2D eigenvalue weighted by Crippen LogP contribution is -2.55. The van der Waals surface area contributed by atoms with Gasteiger partial charge >= 0.3 is 5.97 Å². The maximum absolute atomic E-state index is 13.1. The highest BCUT2D eigenvalue weighted by molar-refractivity contribution is 6.39. The monoisotopic (exact) mass is 726 g/mol. The molecule has 0 fully saturated rings. The van der Waals surface area contributed by atoms with Gasteiger partial charge in [-0.3, -0.25) is 24.0 Å². The third-order valence-corrected chi connectivity index (χ3v) is 7.89. The van der Waals surface area contributed by atoms with E-state index in [1.165, 1.54) is 24.3 Å². The number of hydrogen-bond donors (Lipinski definition) is 6. The van der Waals surface area contributed by atoms with Crippen LogP contribution in [0, 0.1) is 5.92 Å². The summed E-state index contributed by atoms with van der Waals surface area (Å²) < 4.78 is 5.34. The van der Waals surface area contributed by atoms with Crippen LogP contribution in [0.5, 0.6) is 5.75 Å². The Kier molecular flexibility index (Phi) is 15.2. The van der Waals surface area contributed by atoms with Crippen LogP contribution in [0.2, 0.25) is 10.0 Å². The van der Waals surface area contributed by atoms with Gasteiger partial charge in [0.25, 0.3) is 0 Å². The van der Waals surface area contributed by atoms with Gasteiger partial charge in [0.15, 0.2) is 0 Å². The fourth-order valence-electron chi connectivity index (χ4n) is 4.73. The van der Waals surface area contributed by atoms with Crippen LogP contribution in [-0.2, 0) is 36.8 Å². The fraction of sp³-hybridized carbons (Fsp3) is 0.314. The number of primary amides is 1. The van der Waals surface area contributed by atoms with Crippen molar-refractivity contribution in [1.82, 2.24) is 21.3 Å². The van der Waals surface area contributed by atoms with E-state index in [2.05, 4.69) is 21.3 Å². The summed E-state index contributed by atoms with van der Waals surface area (Å²) >= 11 is 12.1. The Morgan fingerprint density at radius 3 is 1.90 bits per heavy atom. The predicted octanol–water partition coefficient (Wildman–Crippen LogP) is 2.06. The molecule has 13 nitrogen and oxygen atoms in total. The van der Waals surface area contributed by atoms with Gasteiger partial charge < -0.3 is 37.5 Å². The SMILES string of the molecule is CC(C)C[C@H](NC(=O)[C@H](Cc1ccccc1)NC(=O)CNC(=O)CNC(=O)[C@@H](N)Cc1ccc(OC(=O)c2c(Cl)cccc2Cl)cc1)C(N)=O. The lowest BCUT2D eigenvalue weighted by Gasteiger charge is -2.23. The van der Waals surface area contributed by atoms with Gasteiger partial charge in [-0.15, -0.1) is 0 Å². The van der Waals surface area contributed by atoms with Crippen molar-refractivity contribution in [2.24, 2.45) is 17.4 Å². The Morgan fingerprint density at radius 2 is 1.30 bits per heavy atom. The molecular formula is C35H40Cl2N6O7. The number of nitrogens with one attached hydrogen (secondary N) is 4. The second-order valence-corrected chi connectivity index (χ2v) is 12.7. The standard InChI is InChI=1S/C35H40Cl2N6O7/c1-20(2)15-27(32(39)46)43-34(48)28(17-21-7-4-3-5-8-21)42-30(45)19-40-29(44)18-41-33(47)26(38)16-22-11-13-23(14-12-22)50-35(49)31-24(36)9-6-10-25(31)37/h3-14,20,26-28H,15-19,38H2,1-2H3,(H2,39,46)(H,40,44)(H,41,47)(H,42,45)(H,43,48)/t26-,27-,28-/m0/s1. The van der Waals surface area contributed by atoms with E-state index in [1.807, 2.05) is 19.9 Å². The highest BCUT2D eigenvalue weighted by atomic mass is 35.5. The number of carbonyl (C=O) groups is 6. The molecule has 15 heteroatoms. The van der Waals surface area contributed by atoms with Crippen LogP contribution in [0.1, 0.15) is 41.8 Å². The third-order valence-electron chi connectivity index (χ3n) is 7.26. The molecule has 3 aromatic carbocycles. The average Bonchev–Trinajstić information content (AvgIpc) is 3.06. The second-order valence-electron chi connectivity index (χ2n) is 11.8. The van der Waals surface area contributed by atoms with Crippen molar-refractivity contribution >= 4 is 58.7 Å². The van der Waals surface area contributed by atoms with E-state index in [0.717, 1.165) is 5.56 Å². The first-order valence-electron chi connectivity index (χ1n) is 15.7. The van der Waals surface area contributed by atoms with E-state index in [-0.39, 0.29) is 40.1 Å². The number of hydrogen-bond acceptors (Lipinski definition) is 8. The van der Waals surface area contributed by atoms with Gasteiger partial charge in [0.05, 0.1) is 34.7 Å². The van der Waals surface area contributed by atoms with E-state index in [0.29, 0.717) is 12.0 Å². The third kappa shape index (κ3) is 12.8.